The minimum absolute atomic E-state index is 0. The molecule has 0 spiro atoms. The summed E-state index contributed by atoms with van der Waals surface area (Å²) in [6.45, 7) is 0. The van der Waals surface area contributed by atoms with Gasteiger partial charge in [-0.25, -0.2) is 9.97 Å². The van der Waals surface area contributed by atoms with Crippen molar-refractivity contribution in [3.8, 4) is 0 Å². The zero-order valence-corrected chi connectivity index (χ0v) is 15.6. The molecule has 5 rings (SSSR count). The van der Waals surface area contributed by atoms with E-state index in [4.69, 9.17) is 0 Å². The second-order valence-corrected chi connectivity index (χ2v) is 5.91. The van der Waals surface area contributed by atoms with Gasteiger partial charge >= 0.3 is 20.1 Å². The number of H-pyrrole nitrogens is 2. The van der Waals surface area contributed by atoms with Gasteiger partial charge < -0.3 is 9.97 Å². The van der Waals surface area contributed by atoms with Crippen LogP contribution in [-0.4, -0.2) is 19.9 Å². The molecule has 0 radical (unpaired) electrons. The van der Waals surface area contributed by atoms with Gasteiger partial charge in [-0.1, -0.05) is 0 Å². The van der Waals surface area contributed by atoms with E-state index in [0.717, 1.165) is 44.8 Å². The first-order valence-electron chi connectivity index (χ1n) is 7.85. The van der Waals surface area contributed by atoms with Crippen LogP contribution in [0.4, 0.5) is 0 Å². The summed E-state index contributed by atoms with van der Waals surface area (Å²) in [4.78, 5) is 16.0. The Hall–Kier alpha value is -2.75. The van der Waals surface area contributed by atoms with E-state index in [1.165, 1.54) is 0 Å². The van der Waals surface area contributed by atoms with Crippen molar-refractivity contribution >= 4 is 46.4 Å². The van der Waals surface area contributed by atoms with Gasteiger partial charge in [0.2, 0.25) is 0 Å². The third kappa shape index (κ3) is 3.25. The third-order valence-electron chi connectivity index (χ3n) is 4.04. The van der Waals surface area contributed by atoms with Crippen LogP contribution in [0.1, 0.15) is 22.8 Å². The Kier molecular flexibility index (Phi) is 3.96. The second kappa shape index (κ2) is 6.28. The predicted octanol–water partition coefficient (Wildman–Crippen LogP) is 4.65. The van der Waals surface area contributed by atoms with Crippen LogP contribution in [0, 0.1) is 0 Å². The van der Waals surface area contributed by atoms with Crippen molar-refractivity contribution in [3.63, 3.8) is 0 Å². The molecule has 0 amide bonds. The van der Waals surface area contributed by atoms with Gasteiger partial charge in [0.1, 0.15) is 0 Å². The van der Waals surface area contributed by atoms with E-state index in [9.17, 15) is 0 Å². The third-order valence-corrected chi connectivity index (χ3v) is 4.04. The number of aromatic nitrogens is 4. The molecule has 8 bridgehead atoms. The van der Waals surface area contributed by atoms with Gasteiger partial charge in [-0.2, -0.15) is 0 Å². The Morgan fingerprint density at radius 3 is 1.28 bits per heavy atom. The maximum absolute atomic E-state index is 4.62. The van der Waals surface area contributed by atoms with E-state index < -0.39 is 0 Å². The predicted molar refractivity (Wildman–Crippen MR) is 98.9 cm³/mol. The van der Waals surface area contributed by atoms with E-state index >= 15 is 0 Å². The zero-order chi connectivity index (χ0) is 15.9. The fraction of sp³-hybridized carbons (Fsp3) is 0. The van der Waals surface area contributed by atoms with E-state index in [0.29, 0.717) is 0 Å². The fourth-order valence-corrected chi connectivity index (χ4v) is 2.94. The molecule has 0 unspecified atom stereocenters. The smallest absolute Gasteiger partial charge is 0.355 e. The van der Waals surface area contributed by atoms with Gasteiger partial charge in [0, 0.05) is 22.1 Å². The maximum Gasteiger partial charge on any atom is 3.00 e. The molecule has 2 aliphatic heterocycles. The van der Waals surface area contributed by atoms with Gasteiger partial charge in [0.25, 0.3) is 0 Å². The number of hydrogen-bond donors (Lipinski definition) is 2. The Morgan fingerprint density at radius 1 is 0.480 bits per heavy atom. The Balaban J connectivity index is 0.00000157. The van der Waals surface area contributed by atoms with Gasteiger partial charge in [-0.15, -0.1) is 0 Å². The summed E-state index contributed by atoms with van der Waals surface area (Å²) in [5, 5.41) is 0. The van der Waals surface area contributed by atoms with Crippen molar-refractivity contribution in [1.82, 2.24) is 19.9 Å². The number of fused-ring (bicyclic) bond motifs is 8. The molecule has 0 saturated heterocycles. The number of rotatable bonds is 0. The van der Waals surface area contributed by atoms with Crippen molar-refractivity contribution in [2.45, 2.75) is 0 Å². The minimum atomic E-state index is 0. The van der Waals surface area contributed by atoms with Crippen LogP contribution in [0.5, 0.6) is 0 Å². The van der Waals surface area contributed by atoms with Gasteiger partial charge in [0.15, 0.2) is 0 Å². The van der Waals surface area contributed by atoms with Gasteiger partial charge in [-0.05, 0) is 72.8 Å². The molecule has 0 aromatic carbocycles. The Labute approximate surface area is 157 Å². The molecule has 3 aromatic rings. The number of nitrogens with one attached hydrogen (secondary N) is 2. The van der Waals surface area contributed by atoms with Crippen LogP contribution in [-0.2, 0) is 20.1 Å². The SMILES string of the molecule is C1=Cc2cc3ccc(cc4ccc(cc5nc(cc1n2)C=C5)[nH]4)[nH]3.[Ir+3]. The van der Waals surface area contributed by atoms with Crippen LogP contribution in [0.3, 0.4) is 0 Å². The van der Waals surface area contributed by atoms with Crippen molar-refractivity contribution in [2.24, 2.45) is 0 Å². The summed E-state index contributed by atoms with van der Waals surface area (Å²) in [6.07, 6.45) is 8.05. The first-order valence-corrected chi connectivity index (χ1v) is 7.85. The van der Waals surface area contributed by atoms with Crippen molar-refractivity contribution in [1.29, 1.82) is 0 Å². The average Bonchev–Trinajstić information content (AvgIpc) is 3.32. The molecule has 0 fully saturated rings. The summed E-state index contributed by atoms with van der Waals surface area (Å²) in [6, 6.07) is 16.4. The Morgan fingerprint density at radius 2 is 0.840 bits per heavy atom. The molecule has 2 aliphatic rings. The molecular weight excluding hydrogens is 488 g/mol. The molecule has 3 aromatic heterocycles. The number of nitrogens with zero attached hydrogens (tertiary/aromatic N) is 2. The monoisotopic (exact) mass is 503 g/mol. The van der Waals surface area contributed by atoms with E-state index in [1.807, 2.05) is 42.5 Å². The summed E-state index contributed by atoms with van der Waals surface area (Å²) < 4.78 is 0. The first kappa shape index (κ1) is 15.8. The molecule has 25 heavy (non-hydrogen) atoms. The topological polar surface area (TPSA) is 57.4 Å². The zero-order valence-electron chi connectivity index (χ0n) is 13.2. The molecule has 5 heteroatoms. The Bertz CT molecular complexity index is 1080. The number of aromatic amines is 2. The molecule has 2 N–H and O–H groups in total. The average molecular weight is 503 g/mol. The van der Waals surface area contributed by atoms with Crippen LogP contribution < -0.4 is 0 Å². The number of hydrogen-bond acceptors (Lipinski definition) is 2. The quantitative estimate of drug-likeness (QED) is 0.324. The van der Waals surface area contributed by atoms with Crippen molar-refractivity contribution in [2.75, 3.05) is 0 Å². The second-order valence-electron chi connectivity index (χ2n) is 5.91. The minimum Gasteiger partial charge on any atom is -0.355 e. The molecule has 5 heterocycles. The normalized spacial score (nSPS) is 12.2. The van der Waals surface area contributed by atoms with Crippen LogP contribution in [0.2, 0.25) is 0 Å². The molecule has 0 atom stereocenters. The standard InChI is InChI=1S/C20H14N4.Ir/c1-2-14-10-16-5-6-18(23-16)12-20-8-7-19(24-20)11-17-4-3-15(22-17)9-13(1)21-14;/h1-12,21-22H;/q;+3. The van der Waals surface area contributed by atoms with Gasteiger partial charge in [-0.3, -0.25) is 0 Å². The van der Waals surface area contributed by atoms with E-state index in [-0.39, 0.29) is 20.1 Å². The largest absolute Gasteiger partial charge is 3.00 e. The molecule has 0 aliphatic carbocycles. The summed E-state index contributed by atoms with van der Waals surface area (Å²) in [7, 11) is 0. The molecule has 0 saturated carbocycles. The van der Waals surface area contributed by atoms with Crippen molar-refractivity contribution in [3.05, 3.63) is 71.3 Å². The van der Waals surface area contributed by atoms with E-state index in [1.54, 1.807) is 0 Å². The molecule has 4 nitrogen and oxygen atoms in total. The summed E-state index contributed by atoms with van der Waals surface area (Å²) in [5.41, 5.74) is 7.86. The van der Waals surface area contributed by atoms with Crippen LogP contribution in [0.25, 0.3) is 46.4 Å². The fourth-order valence-electron chi connectivity index (χ4n) is 2.94. The van der Waals surface area contributed by atoms with Gasteiger partial charge in [0.05, 0.1) is 22.8 Å². The summed E-state index contributed by atoms with van der Waals surface area (Å²) >= 11 is 0. The van der Waals surface area contributed by atoms with Crippen molar-refractivity contribution < 1.29 is 20.1 Å². The summed E-state index contributed by atoms with van der Waals surface area (Å²) in [5.74, 6) is 0. The first-order chi connectivity index (χ1) is 11.8. The van der Waals surface area contributed by atoms with E-state index in [2.05, 4.69) is 50.3 Å². The van der Waals surface area contributed by atoms with Crippen LogP contribution >= 0.6 is 0 Å². The molecule has 120 valence electrons. The van der Waals surface area contributed by atoms with Crippen LogP contribution in [0.15, 0.2) is 48.5 Å². The maximum atomic E-state index is 4.62. The molecular formula is C20H14IrN4+3.